The van der Waals surface area contributed by atoms with Crippen molar-refractivity contribution in [1.82, 2.24) is 14.6 Å². The van der Waals surface area contributed by atoms with E-state index in [1.165, 1.54) is 12.1 Å². The summed E-state index contributed by atoms with van der Waals surface area (Å²) >= 11 is 0. The molecular weight excluding hydrogens is 364 g/mol. The number of H-pyrrole nitrogens is 1. The number of ether oxygens (including phenoxy) is 1. The highest BCUT2D eigenvalue weighted by molar-refractivity contribution is 6.04. The number of amides is 1. The van der Waals surface area contributed by atoms with Gasteiger partial charge in [-0.3, -0.25) is 19.1 Å². The molecule has 0 aliphatic carbocycles. The van der Waals surface area contributed by atoms with Crippen LogP contribution < -0.4 is 16.0 Å². The van der Waals surface area contributed by atoms with Crippen LogP contribution in [0.5, 0.6) is 11.6 Å². The summed E-state index contributed by atoms with van der Waals surface area (Å²) in [6, 6.07) is 6.88. The molecule has 2 aromatic rings. The number of hydrogen-bond acceptors (Lipinski definition) is 6. The summed E-state index contributed by atoms with van der Waals surface area (Å²) in [4.78, 5) is 38.5. The average Bonchev–Trinajstić information content (AvgIpc) is 3.11. The van der Waals surface area contributed by atoms with E-state index < -0.39 is 23.2 Å². The summed E-state index contributed by atoms with van der Waals surface area (Å²) < 4.78 is 6.37. The van der Waals surface area contributed by atoms with Gasteiger partial charge in [-0.2, -0.15) is 5.10 Å². The maximum absolute atomic E-state index is 12.4. The zero-order valence-corrected chi connectivity index (χ0v) is 15.9. The van der Waals surface area contributed by atoms with Gasteiger partial charge in [-0.25, -0.2) is 9.80 Å². The van der Waals surface area contributed by atoms with Crippen LogP contribution in [0, 0.1) is 0 Å². The summed E-state index contributed by atoms with van der Waals surface area (Å²) in [6.45, 7) is 4.16. The van der Waals surface area contributed by atoms with Crippen LogP contribution in [-0.4, -0.2) is 37.9 Å². The van der Waals surface area contributed by atoms with Crippen LogP contribution in [0.4, 0.5) is 0 Å². The molecule has 1 unspecified atom stereocenters. The zero-order valence-electron chi connectivity index (χ0n) is 15.9. The second-order valence-corrected chi connectivity index (χ2v) is 6.38. The summed E-state index contributed by atoms with van der Waals surface area (Å²) in [6.07, 6.45) is 0.467. The molecule has 3 rings (SSSR count). The third kappa shape index (κ3) is 3.42. The van der Waals surface area contributed by atoms with E-state index in [1.54, 1.807) is 6.92 Å². The summed E-state index contributed by atoms with van der Waals surface area (Å²) in [5.74, 6) is 0.0178. The molecule has 28 heavy (non-hydrogen) atoms. The third-order valence-corrected chi connectivity index (χ3v) is 4.63. The predicted octanol–water partition coefficient (Wildman–Crippen LogP) is 1.27. The Hall–Kier alpha value is -3.36. The van der Waals surface area contributed by atoms with E-state index >= 15 is 0 Å². The lowest BCUT2D eigenvalue weighted by molar-refractivity contribution is -0.132. The van der Waals surface area contributed by atoms with E-state index in [0.717, 1.165) is 10.1 Å². The maximum atomic E-state index is 12.4. The fraction of sp³-hybridized carbons (Fsp3) is 0.368. The first kappa shape index (κ1) is 19.4. The highest BCUT2D eigenvalue weighted by Gasteiger charge is 2.34. The number of aromatic nitrogens is 2. The maximum Gasteiger partial charge on any atom is 0.330 e. The van der Waals surface area contributed by atoms with Crippen molar-refractivity contribution in [2.24, 2.45) is 12.1 Å². The molecule has 0 spiro atoms. The van der Waals surface area contributed by atoms with Gasteiger partial charge in [0.1, 0.15) is 11.3 Å². The van der Waals surface area contributed by atoms with Crippen LogP contribution in [0.15, 0.2) is 39.0 Å². The molecule has 2 heterocycles. The molecule has 1 aromatic heterocycles. The van der Waals surface area contributed by atoms with Crippen LogP contribution >= 0.6 is 0 Å². The van der Waals surface area contributed by atoms with Crippen molar-refractivity contribution in [2.45, 2.75) is 32.7 Å². The highest BCUT2D eigenvalue weighted by Crippen LogP contribution is 2.34. The Morgan fingerprint density at radius 2 is 1.96 bits per heavy atom. The number of hydrazone groups is 1. The molecule has 1 amide bonds. The average molecular weight is 386 g/mol. The van der Waals surface area contributed by atoms with Gasteiger partial charge in [-0.1, -0.05) is 19.1 Å². The number of carbonyl (C=O) groups is 1. The van der Waals surface area contributed by atoms with Crippen molar-refractivity contribution >= 4 is 11.6 Å². The lowest BCUT2D eigenvalue weighted by atomic mass is 9.99. The summed E-state index contributed by atoms with van der Waals surface area (Å²) in [5, 5.41) is 15.9. The Bertz CT molecular complexity index is 1040. The van der Waals surface area contributed by atoms with Gasteiger partial charge >= 0.3 is 5.69 Å². The van der Waals surface area contributed by atoms with Crippen molar-refractivity contribution in [3.63, 3.8) is 0 Å². The van der Waals surface area contributed by atoms with Gasteiger partial charge in [0.15, 0.2) is 0 Å². The molecular formula is C19H22N4O5. The normalized spacial score (nSPS) is 16.2. The second kappa shape index (κ2) is 7.71. The van der Waals surface area contributed by atoms with Crippen molar-refractivity contribution in [1.29, 1.82) is 0 Å². The minimum Gasteiger partial charge on any atom is -0.494 e. The Morgan fingerprint density at radius 1 is 1.29 bits per heavy atom. The molecule has 9 nitrogen and oxygen atoms in total. The lowest BCUT2D eigenvalue weighted by Gasteiger charge is -2.21. The molecule has 0 fully saturated rings. The van der Waals surface area contributed by atoms with Crippen LogP contribution in [0.3, 0.4) is 0 Å². The lowest BCUT2D eigenvalue weighted by Crippen LogP contribution is -2.32. The van der Waals surface area contributed by atoms with E-state index in [1.807, 2.05) is 31.2 Å². The molecule has 1 atom stereocenters. The van der Waals surface area contributed by atoms with E-state index in [9.17, 15) is 19.5 Å². The molecule has 0 radical (unpaired) electrons. The van der Waals surface area contributed by atoms with Gasteiger partial charge in [0.2, 0.25) is 11.8 Å². The Labute approximate surface area is 160 Å². The molecule has 9 heteroatoms. The van der Waals surface area contributed by atoms with Crippen LogP contribution in [0.1, 0.15) is 43.9 Å². The zero-order chi connectivity index (χ0) is 20.4. The standard InChI is InChI=1S/C19H22N4O5/c1-4-15(24)23-14(11-6-8-12(9-7-11)28-5-2)10-13(21-23)16-17(25)20-19(27)22(3)18(16)26/h6-9,14,26H,4-5,10H2,1-3H3,(H,20,25,27). The SMILES string of the molecule is CCOc1ccc(C2CC(c3c(O)n(C)c(=O)[nH]c3=O)=NN2C(=O)CC)cc1. The number of aromatic amines is 1. The van der Waals surface area contributed by atoms with Gasteiger partial charge in [0.25, 0.3) is 5.56 Å². The first-order chi connectivity index (χ1) is 13.4. The third-order valence-electron chi connectivity index (χ3n) is 4.63. The smallest absolute Gasteiger partial charge is 0.330 e. The number of aromatic hydroxyl groups is 1. The van der Waals surface area contributed by atoms with Crippen molar-refractivity contribution in [3.05, 3.63) is 56.2 Å². The van der Waals surface area contributed by atoms with Crippen molar-refractivity contribution in [2.75, 3.05) is 6.61 Å². The van der Waals surface area contributed by atoms with E-state index in [-0.39, 0.29) is 30.0 Å². The van der Waals surface area contributed by atoms with E-state index in [0.29, 0.717) is 12.4 Å². The predicted molar refractivity (Wildman–Crippen MR) is 103 cm³/mol. The first-order valence-corrected chi connectivity index (χ1v) is 9.02. The second-order valence-electron chi connectivity index (χ2n) is 6.38. The molecule has 2 N–H and O–H groups in total. The fourth-order valence-corrected chi connectivity index (χ4v) is 3.13. The van der Waals surface area contributed by atoms with Crippen LogP contribution in [-0.2, 0) is 11.8 Å². The summed E-state index contributed by atoms with van der Waals surface area (Å²) in [7, 11) is 1.34. The van der Waals surface area contributed by atoms with Gasteiger partial charge in [-0.05, 0) is 24.6 Å². The molecule has 0 saturated heterocycles. The number of rotatable bonds is 5. The quantitative estimate of drug-likeness (QED) is 0.802. The Kier molecular flexibility index (Phi) is 5.34. The number of carbonyl (C=O) groups excluding carboxylic acids is 1. The number of benzene rings is 1. The minimum absolute atomic E-state index is 0.107. The van der Waals surface area contributed by atoms with Crippen LogP contribution in [0.25, 0.3) is 0 Å². The number of hydrogen-bond donors (Lipinski definition) is 2. The molecule has 1 aliphatic heterocycles. The molecule has 0 bridgehead atoms. The highest BCUT2D eigenvalue weighted by atomic mass is 16.5. The van der Waals surface area contributed by atoms with Gasteiger partial charge in [-0.15, -0.1) is 0 Å². The molecule has 148 valence electrons. The van der Waals surface area contributed by atoms with Gasteiger partial charge in [0, 0.05) is 19.9 Å². The monoisotopic (exact) mass is 386 g/mol. The summed E-state index contributed by atoms with van der Waals surface area (Å²) in [5.41, 5.74) is -0.505. The number of nitrogens with one attached hydrogen (secondary N) is 1. The van der Waals surface area contributed by atoms with E-state index in [2.05, 4.69) is 10.1 Å². The number of nitrogens with zero attached hydrogens (tertiary/aromatic N) is 3. The van der Waals surface area contributed by atoms with Crippen molar-refractivity contribution < 1.29 is 14.6 Å². The fourth-order valence-electron chi connectivity index (χ4n) is 3.13. The minimum atomic E-state index is -0.740. The largest absolute Gasteiger partial charge is 0.494 e. The Morgan fingerprint density at radius 3 is 2.57 bits per heavy atom. The van der Waals surface area contributed by atoms with E-state index in [4.69, 9.17) is 4.74 Å². The van der Waals surface area contributed by atoms with Gasteiger partial charge < -0.3 is 9.84 Å². The topological polar surface area (TPSA) is 117 Å². The molecule has 1 aromatic carbocycles. The van der Waals surface area contributed by atoms with Gasteiger partial charge in [0.05, 0.1) is 18.4 Å². The van der Waals surface area contributed by atoms with Crippen molar-refractivity contribution in [3.8, 4) is 11.6 Å². The molecule has 0 saturated carbocycles. The van der Waals surface area contributed by atoms with Crippen LogP contribution in [0.2, 0.25) is 0 Å². The molecule has 1 aliphatic rings. The Balaban J connectivity index is 2.03. The first-order valence-electron chi connectivity index (χ1n) is 9.02.